The van der Waals surface area contributed by atoms with Gasteiger partial charge in [0.15, 0.2) is 0 Å². The van der Waals surface area contributed by atoms with Gasteiger partial charge in [0.1, 0.15) is 23.7 Å². The lowest BCUT2D eigenvalue weighted by molar-refractivity contribution is 0.113. The predicted octanol–water partition coefficient (Wildman–Crippen LogP) is 3.00. The number of aliphatic hydroxyl groups is 1. The van der Waals surface area contributed by atoms with Crippen molar-refractivity contribution >= 4 is 11.6 Å². The number of hydrogen-bond acceptors (Lipinski definition) is 4. The van der Waals surface area contributed by atoms with Gasteiger partial charge in [0.05, 0.1) is 16.7 Å². The smallest absolute Gasteiger partial charge is 0.143 e. The van der Waals surface area contributed by atoms with Gasteiger partial charge in [-0.2, -0.15) is 5.26 Å². The summed E-state index contributed by atoms with van der Waals surface area (Å²) in [6.07, 6.45) is 1.08. The van der Waals surface area contributed by atoms with Crippen LogP contribution in [0.25, 0.3) is 0 Å². The van der Waals surface area contributed by atoms with Gasteiger partial charge in [-0.25, -0.2) is 4.39 Å². The van der Waals surface area contributed by atoms with Gasteiger partial charge >= 0.3 is 0 Å². The van der Waals surface area contributed by atoms with E-state index in [-0.39, 0.29) is 22.4 Å². The lowest BCUT2D eigenvalue weighted by Gasteiger charge is -2.24. The molecule has 3 N–H and O–H groups in total. The Morgan fingerprint density at radius 2 is 2.19 bits per heavy atom. The Bertz CT molecular complexity index is 517. The lowest BCUT2D eigenvalue weighted by atomic mass is 10.0. The first-order valence-corrected chi connectivity index (χ1v) is 7.26. The summed E-state index contributed by atoms with van der Waals surface area (Å²) < 4.78 is 19.1. The van der Waals surface area contributed by atoms with Crippen molar-refractivity contribution in [1.82, 2.24) is 0 Å². The van der Waals surface area contributed by atoms with Crippen LogP contribution in [0.15, 0.2) is 12.1 Å². The third-order valence-corrected chi connectivity index (χ3v) is 3.49. The molecule has 0 radical (unpaired) electrons. The SMILES string of the molecule is CCC[C@@H](C[C@H](N)C(C)O)Oc1cc(Cl)c(F)cc1C#N. The minimum Gasteiger partial charge on any atom is -0.489 e. The first-order chi connectivity index (χ1) is 9.88. The minimum absolute atomic E-state index is 0.0867. The van der Waals surface area contributed by atoms with Crippen molar-refractivity contribution in [2.75, 3.05) is 0 Å². The highest BCUT2D eigenvalue weighted by Crippen LogP contribution is 2.28. The predicted molar refractivity (Wildman–Crippen MR) is 79.7 cm³/mol. The Kier molecular flexibility index (Phi) is 6.90. The number of nitrogens with zero attached hydrogens (tertiary/aromatic N) is 1. The van der Waals surface area contributed by atoms with Gasteiger partial charge in [-0.05, 0) is 19.4 Å². The summed E-state index contributed by atoms with van der Waals surface area (Å²) in [5, 5.41) is 18.4. The second kappa shape index (κ2) is 8.18. The number of benzene rings is 1. The zero-order valence-corrected chi connectivity index (χ0v) is 12.9. The quantitative estimate of drug-likeness (QED) is 0.811. The first kappa shape index (κ1) is 17.7. The molecule has 1 rings (SSSR count). The Hall–Kier alpha value is -1.35. The van der Waals surface area contributed by atoms with Crippen LogP contribution < -0.4 is 10.5 Å². The molecule has 0 amide bonds. The fourth-order valence-electron chi connectivity index (χ4n) is 1.94. The van der Waals surface area contributed by atoms with E-state index in [0.717, 1.165) is 12.5 Å². The molecule has 0 saturated heterocycles. The summed E-state index contributed by atoms with van der Waals surface area (Å²) in [6.45, 7) is 3.61. The average Bonchev–Trinajstić information content (AvgIpc) is 2.42. The third kappa shape index (κ3) is 5.16. The van der Waals surface area contributed by atoms with Crippen LogP contribution in [0.2, 0.25) is 5.02 Å². The summed E-state index contributed by atoms with van der Waals surface area (Å²) in [7, 11) is 0. The molecular weight excluding hydrogens is 295 g/mol. The molecule has 0 bridgehead atoms. The maximum absolute atomic E-state index is 13.4. The molecule has 3 atom stereocenters. The molecule has 1 aromatic rings. The van der Waals surface area contributed by atoms with Crippen molar-refractivity contribution in [3.05, 3.63) is 28.5 Å². The van der Waals surface area contributed by atoms with Crippen LogP contribution in [-0.2, 0) is 0 Å². The molecule has 1 aromatic carbocycles. The second-order valence-electron chi connectivity index (χ2n) is 5.04. The summed E-state index contributed by atoms with van der Waals surface area (Å²) in [4.78, 5) is 0. The van der Waals surface area contributed by atoms with E-state index in [0.29, 0.717) is 12.8 Å². The molecule has 1 unspecified atom stereocenters. The van der Waals surface area contributed by atoms with E-state index >= 15 is 0 Å². The van der Waals surface area contributed by atoms with Gasteiger partial charge in [-0.1, -0.05) is 24.9 Å². The van der Waals surface area contributed by atoms with Crippen LogP contribution in [0.5, 0.6) is 5.75 Å². The van der Waals surface area contributed by atoms with Crippen molar-refractivity contribution in [2.45, 2.75) is 51.4 Å². The largest absolute Gasteiger partial charge is 0.489 e. The Morgan fingerprint density at radius 3 is 2.71 bits per heavy atom. The van der Waals surface area contributed by atoms with Gasteiger partial charge in [0, 0.05) is 18.5 Å². The molecule has 0 fully saturated rings. The number of nitrogens with two attached hydrogens (primary N) is 1. The van der Waals surface area contributed by atoms with E-state index in [1.807, 2.05) is 13.0 Å². The number of rotatable bonds is 7. The zero-order chi connectivity index (χ0) is 16.0. The van der Waals surface area contributed by atoms with E-state index in [2.05, 4.69) is 0 Å². The molecule has 0 saturated carbocycles. The van der Waals surface area contributed by atoms with E-state index in [1.54, 1.807) is 6.92 Å². The number of halogens is 2. The fraction of sp³-hybridized carbons (Fsp3) is 0.533. The van der Waals surface area contributed by atoms with Crippen molar-refractivity contribution < 1.29 is 14.2 Å². The Morgan fingerprint density at radius 1 is 1.52 bits per heavy atom. The summed E-state index contributed by atoms with van der Waals surface area (Å²) >= 11 is 5.73. The van der Waals surface area contributed by atoms with Crippen LogP contribution in [0.1, 0.15) is 38.7 Å². The molecular formula is C15H20ClFN2O2. The maximum atomic E-state index is 13.4. The lowest BCUT2D eigenvalue weighted by Crippen LogP contribution is -2.37. The fourth-order valence-corrected chi connectivity index (χ4v) is 2.09. The highest BCUT2D eigenvalue weighted by atomic mass is 35.5. The van der Waals surface area contributed by atoms with Gasteiger partial charge in [-0.3, -0.25) is 0 Å². The standard InChI is InChI=1S/C15H20ClFN2O2/c1-3-4-11(6-14(19)9(2)20)21-15-7-12(16)13(17)5-10(15)8-18/h5,7,9,11,14,20H,3-4,6,19H2,1-2H3/t9?,11-,14-/m0/s1. The number of nitriles is 1. The molecule has 0 aromatic heterocycles. The molecule has 6 heteroatoms. The molecule has 0 heterocycles. The van der Waals surface area contributed by atoms with Crippen molar-refractivity contribution in [2.24, 2.45) is 5.73 Å². The van der Waals surface area contributed by atoms with E-state index < -0.39 is 18.0 Å². The van der Waals surface area contributed by atoms with Crippen LogP contribution in [0, 0.1) is 17.1 Å². The summed E-state index contributed by atoms with van der Waals surface area (Å²) in [5.41, 5.74) is 5.93. The average molecular weight is 315 g/mol. The van der Waals surface area contributed by atoms with E-state index in [1.165, 1.54) is 6.07 Å². The van der Waals surface area contributed by atoms with Gasteiger partial charge in [0.25, 0.3) is 0 Å². The zero-order valence-electron chi connectivity index (χ0n) is 12.1. The molecule has 21 heavy (non-hydrogen) atoms. The molecule has 0 spiro atoms. The van der Waals surface area contributed by atoms with Gasteiger partial charge in [0.2, 0.25) is 0 Å². The van der Waals surface area contributed by atoms with Crippen LogP contribution in [0.3, 0.4) is 0 Å². The minimum atomic E-state index is -0.659. The Labute approximate surface area is 129 Å². The van der Waals surface area contributed by atoms with Crippen molar-refractivity contribution in [1.29, 1.82) is 5.26 Å². The Balaban J connectivity index is 2.93. The summed E-state index contributed by atoms with van der Waals surface area (Å²) in [6, 6.07) is 3.80. The number of aliphatic hydroxyl groups excluding tert-OH is 1. The van der Waals surface area contributed by atoms with Crippen molar-refractivity contribution in [3.63, 3.8) is 0 Å². The summed E-state index contributed by atoms with van der Waals surface area (Å²) in [5.74, 6) is -0.423. The molecule has 0 aliphatic heterocycles. The molecule has 116 valence electrons. The second-order valence-corrected chi connectivity index (χ2v) is 5.45. The third-order valence-electron chi connectivity index (χ3n) is 3.20. The van der Waals surface area contributed by atoms with Crippen LogP contribution in [-0.4, -0.2) is 23.4 Å². The van der Waals surface area contributed by atoms with E-state index in [4.69, 9.17) is 27.3 Å². The maximum Gasteiger partial charge on any atom is 0.143 e. The van der Waals surface area contributed by atoms with Gasteiger partial charge in [-0.15, -0.1) is 0 Å². The van der Waals surface area contributed by atoms with E-state index in [9.17, 15) is 9.50 Å². The molecule has 0 aliphatic rings. The molecule has 4 nitrogen and oxygen atoms in total. The van der Waals surface area contributed by atoms with Crippen LogP contribution in [0.4, 0.5) is 4.39 Å². The number of ether oxygens (including phenoxy) is 1. The normalized spacial score (nSPS) is 15.1. The molecule has 0 aliphatic carbocycles. The monoisotopic (exact) mass is 314 g/mol. The van der Waals surface area contributed by atoms with Crippen molar-refractivity contribution in [3.8, 4) is 11.8 Å². The highest BCUT2D eigenvalue weighted by Gasteiger charge is 2.20. The number of hydrogen-bond donors (Lipinski definition) is 2. The van der Waals surface area contributed by atoms with Gasteiger partial charge < -0.3 is 15.6 Å². The topological polar surface area (TPSA) is 79.3 Å². The van der Waals surface area contributed by atoms with Crippen LogP contribution >= 0.6 is 11.6 Å². The first-order valence-electron chi connectivity index (χ1n) is 6.88. The highest BCUT2D eigenvalue weighted by molar-refractivity contribution is 6.30.